The maximum absolute atomic E-state index is 13.2. The molecule has 3 rings (SSSR count). The Morgan fingerprint density at radius 3 is 2.70 bits per heavy atom. The fourth-order valence-electron chi connectivity index (χ4n) is 3.64. The lowest BCUT2D eigenvalue weighted by Crippen LogP contribution is -2.52. The van der Waals surface area contributed by atoms with Crippen LogP contribution in [0.15, 0.2) is 41.6 Å². The van der Waals surface area contributed by atoms with Crippen LogP contribution < -0.4 is 11.2 Å². The highest BCUT2D eigenvalue weighted by atomic mass is 19.4. The normalized spacial score (nSPS) is 22.7. The van der Waals surface area contributed by atoms with Crippen LogP contribution in [-0.2, 0) is 15.8 Å². The number of carboxylic acid groups (broad SMARTS) is 1. The number of halogens is 3. The molecule has 1 aromatic rings. The molecule has 10 heteroatoms. The summed E-state index contributed by atoms with van der Waals surface area (Å²) >= 11 is 0. The van der Waals surface area contributed by atoms with Crippen molar-refractivity contribution in [3.8, 4) is 0 Å². The van der Waals surface area contributed by atoms with Gasteiger partial charge in [-0.25, -0.2) is 5.01 Å². The van der Waals surface area contributed by atoms with E-state index in [4.69, 9.17) is 10.8 Å². The van der Waals surface area contributed by atoms with Crippen molar-refractivity contribution < 1.29 is 33.0 Å². The summed E-state index contributed by atoms with van der Waals surface area (Å²) in [5, 5.41) is 20.4. The molecular formula is C20H22F3N3O4. The van der Waals surface area contributed by atoms with Crippen LogP contribution in [0.25, 0.3) is 5.70 Å². The molecule has 162 valence electrons. The molecule has 5 N–H and O–H groups in total. The molecule has 1 aliphatic heterocycles. The van der Waals surface area contributed by atoms with Crippen molar-refractivity contribution in [1.82, 2.24) is 10.4 Å². The molecule has 7 nitrogen and oxygen atoms in total. The first-order chi connectivity index (χ1) is 14.0. The Bertz CT molecular complexity index is 926. The van der Waals surface area contributed by atoms with E-state index in [0.29, 0.717) is 24.1 Å². The zero-order valence-corrected chi connectivity index (χ0v) is 16.1. The SMILES string of the molecule is CC1CC2=C(C=C(c3cccc(C(F)(F)F)c3)N(C(=O)[C@@H](N)CC(=O)O)N2)C(O)C1. The van der Waals surface area contributed by atoms with E-state index in [9.17, 15) is 27.9 Å². The van der Waals surface area contributed by atoms with Gasteiger partial charge in [0, 0.05) is 16.8 Å². The maximum Gasteiger partial charge on any atom is 0.416 e. The lowest BCUT2D eigenvalue weighted by atomic mass is 9.84. The first kappa shape index (κ1) is 21.8. The smallest absolute Gasteiger partial charge is 0.416 e. The van der Waals surface area contributed by atoms with Crippen LogP contribution in [-0.4, -0.2) is 39.2 Å². The van der Waals surface area contributed by atoms with Crippen LogP contribution in [0.3, 0.4) is 0 Å². The Balaban J connectivity index is 2.07. The Labute approximate surface area is 170 Å². The lowest BCUT2D eigenvalue weighted by Gasteiger charge is -2.38. The van der Waals surface area contributed by atoms with Crippen molar-refractivity contribution in [2.24, 2.45) is 11.7 Å². The van der Waals surface area contributed by atoms with Gasteiger partial charge in [0.05, 0.1) is 29.8 Å². The number of allylic oxidation sites excluding steroid dienone is 1. The highest BCUT2D eigenvalue weighted by Gasteiger charge is 2.36. The number of amides is 1. The van der Waals surface area contributed by atoms with Crippen molar-refractivity contribution in [2.75, 3.05) is 0 Å². The van der Waals surface area contributed by atoms with E-state index in [-0.39, 0.29) is 17.2 Å². The van der Waals surface area contributed by atoms with E-state index in [1.165, 1.54) is 18.2 Å². The van der Waals surface area contributed by atoms with E-state index in [0.717, 1.165) is 17.1 Å². The summed E-state index contributed by atoms with van der Waals surface area (Å²) in [5.41, 5.74) is 8.84. The van der Waals surface area contributed by atoms with Gasteiger partial charge in [0.2, 0.25) is 0 Å². The topological polar surface area (TPSA) is 116 Å². The number of alkyl halides is 3. The standard InChI is InChI=1S/C20H22F3N3O4/c1-10-5-15-13(17(27)6-10)8-16(11-3-2-4-12(7-11)20(21,22)23)26(25-15)19(30)14(24)9-18(28)29/h2-4,7-8,10,14,17,25,27H,5-6,9,24H2,1H3,(H,28,29)/t10?,14-,17?/m0/s1. The predicted molar refractivity (Wildman–Crippen MR) is 101 cm³/mol. The number of nitrogens with zero attached hydrogens (tertiary/aromatic N) is 1. The zero-order valence-electron chi connectivity index (χ0n) is 16.1. The van der Waals surface area contributed by atoms with Crippen molar-refractivity contribution in [3.05, 3.63) is 52.7 Å². The Morgan fingerprint density at radius 2 is 2.07 bits per heavy atom. The number of aliphatic carboxylic acids is 1. The quantitative estimate of drug-likeness (QED) is 0.588. The van der Waals surface area contributed by atoms with Gasteiger partial charge in [-0.3, -0.25) is 15.0 Å². The minimum atomic E-state index is -4.59. The molecule has 0 spiro atoms. The Hall–Kier alpha value is -2.85. The van der Waals surface area contributed by atoms with Crippen LogP contribution in [0, 0.1) is 5.92 Å². The average Bonchev–Trinajstić information content (AvgIpc) is 2.65. The van der Waals surface area contributed by atoms with Crippen LogP contribution in [0.5, 0.6) is 0 Å². The largest absolute Gasteiger partial charge is 0.481 e. The number of aliphatic hydroxyl groups is 1. The third-order valence-corrected chi connectivity index (χ3v) is 5.08. The molecule has 2 unspecified atom stereocenters. The molecule has 0 radical (unpaired) electrons. The minimum absolute atomic E-state index is 0.0549. The van der Waals surface area contributed by atoms with Gasteiger partial charge in [-0.1, -0.05) is 19.1 Å². The Morgan fingerprint density at radius 1 is 1.37 bits per heavy atom. The fraction of sp³-hybridized carbons (Fsp3) is 0.400. The van der Waals surface area contributed by atoms with Crippen LogP contribution in [0.2, 0.25) is 0 Å². The molecule has 0 fully saturated rings. The predicted octanol–water partition coefficient (Wildman–Crippen LogP) is 2.24. The van der Waals surface area contributed by atoms with E-state index in [1.807, 2.05) is 6.92 Å². The van der Waals surface area contributed by atoms with Gasteiger partial charge in [-0.15, -0.1) is 0 Å². The average molecular weight is 425 g/mol. The number of hydrogen-bond donors (Lipinski definition) is 4. The molecule has 3 atom stereocenters. The minimum Gasteiger partial charge on any atom is -0.481 e. The second kappa shape index (κ2) is 8.11. The Kier molecular flexibility index (Phi) is 5.91. The van der Waals surface area contributed by atoms with Crippen LogP contribution >= 0.6 is 0 Å². The summed E-state index contributed by atoms with van der Waals surface area (Å²) in [6.07, 6.45) is -3.63. The summed E-state index contributed by atoms with van der Waals surface area (Å²) in [5.74, 6) is -1.97. The number of nitrogens with two attached hydrogens (primary N) is 1. The summed E-state index contributed by atoms with van der Waals surface area (Å²) in [6, 6.07) is 3.00. The molecule has 1 aliphatic carbocycles. The number of hydrazine groups is 1. The van der Waals surface area contributed by atoms with E-state index in [1.54, 1.807) is 0 Å². The van der Waals surface area contributed by atoms with Crippen molar-refractivity contribution >= 4 is 17.6 Å². The van der Waals surface area contributed by atoms with Gasteiger partial charge in [0.1, 0.15) is 0 Å². The van der Waals surface area contributed by atoms with Gasteiger partial charge >= 0.3 is 12.1 Å². The van der Waals surface area contributed by atoms with E-state index >= 15 is 0 Å². The molecule has 0 saturated carbocycles. The first-order valence-electron chi connectivity index (χ1n) is 9.35. The molecular weight excluding hydrogens is 403 g/mol. The molecule has 1 aromatic carbocycles. The highest BCUT2D eigenvalue weighted by Crippen LogP contribution is 2.37. The third-order valence-electron chi connectivity index (χ3n) is 5.08. The molecule has 0 bridgehead atoms. The number of nitrogens with one attached hydrogen (secondary N) is 1. The number of benzene rings is 1. The van der Waals surface area contributed by atoms with E-state index < -0.39 is 42.2 Å². The van der Waals surface area contributed by atoms with Crippen molar-refractivity contribution in [2.45, 2.75) is 44.5 Å². The van der Waals surface area contributed by atoms with Gasteiger partial charge in [0.15, 0.2) is 0 Å². The first-order valence-corrected chi connectivity index (χ1v) is 9.35. The van der Waals surface area contributed by atoms with E-state index in [2.05, 4.69) is 5.43 Å². The number of carboxylic acids is 1. The van der Waals surface area contributed by atoms with Gasteiger partial charge < -0.3 is 15.9 Å². The van der Waals surface area contributed by atoms with Gasteiger partial charge in [-0.2, -0.15) is 13.2 Å². The summed E-state index contributed by atoms with van der Waals surface area (Å²) in [7, 11) is 0. The molecule has 0 saturated heterocycles. The second-order valence-electron chi connectivity index (χ2n) is 7.59. The number of carbonyl (C=O) groups excluding carboxylic acids is 1. The third kappa shape index (κ3) is 4.49. The summed E-state index contributed by atoms with van der Waals surface area (Å²) < 4.78 is 39.6. The van der Waals surface area contributed by atoms with Crippen molar-refractivity contribution in [1.29, 1.82) is 0 Å². The monoisotopic (exact) mass is 425 g/mol. The summed E-state index contributed by atoms with van der Waals surface area (Å²) in [6.45, 7) is 1.92. The van der Waals surface area contributed by atoms with Gasteiger partial charge in [0.25, 0.3) is 5.91 Å². The number of hydrogen-bond acceptors (Lipinski definition) is 5. The number of carbonyl (C=O) groups is 2. The van der Waals surface area contributed by atoms with Crippen LogP contribution in [0.4, 0.5) is 13.2 Å². The zero-order chi connectivity index (χ0) is 22.2. The lowest BCUT2D eigenvalue weighted by molar-refractivity contribution is -0.141. The molecule has 1 heterocycles. The molecule has 30 heavy (non-hydrogen) atoms. The molecule has 1 amide bonds. The highest BCUT2D eigenvalue weighted by molar-refractivity contribution is 5.93. The molecule has 0 aromatic heterocycles. The summed E-state index contributed by atoms with van der Waals surface area (Å²) in [4.78, 5) is 23.8. The van der Waals surface area contributed by atoms with Gasteiger partial charge in [-0.05, 0) is 37.0 Å². The molecule has 2 aliphatic rings. The fourth-order valence-corrected chi connectivity index (χ4v) is 3.64. The number of aliphatic hydroxyl groups excluding tert-OH is 1. The maximum atomic E-state index is 13.2. The van der Waals surface area contributed by atoms with Crippen molar-refractivity contribution in [3.63, 3.8) is 0 Å². The van der Waals surface area contributed by atoms with Crippen LogP contribution in [0.1, 0.15) is 37.3 Å². The second-order valence-corrected chi connectivity index (χ2v) is 7.59. The number of rotatable bonds is 4.